The fraction of sp³-hybridized carbons (Fsp3) is 0.250. The summed E-state index contributed by atoms with van der Waals surface area (Å²) >= 11 is 8.01. The Labute approximate surface area is 129 Å². The van der Waals surface area contributed by atoms with Gasteiger partial charge in [-0.05, 0) is 43.8 Å². The average molecular weight is 308 g/mol. The molecule has 1 N–H and O–H groups in total. The second-order valence-electron chi connectivity index (χ2n) is 4.45. The fourth-order valence-corrected chi connectivity index (χ4v) is 3.28. The first kappa shape index (κ1) is 15.2. The van der Waals surface area contributed by atoms with Crippen molar-refractivity contribution in [2.24, 2.45) is 0 Å². The lowest BCUT2D eigenvalue weighted by atomic mass is 10.1. The molecule has 1 unspecified atom stereocenters. The molecule has 2 nitrogen and oxygen atoms in total. The van der Waals surface area contributed by atoms with Gasteiger partial charge in [0.05, 0.1) is 12.0 Å². The molecule has 0 aliphatic carbocycles. The van der Waals surface area contributed by atoms with E-state index in [0.717, 1.165) is 26.1 Å². The van der Waals surface area contributed by atoms with Crippen LogP contribution >= 0.6 is 23.4 Å². The van der Waals surface area contributed by atoms with Crippen LogP contribution in [-0.2, 0) is 0 Å². The van der Waals surface area contributed by atoms with Crippen LogP contribution in [0.4, 0.5) is 0 Å². The standard InChI is InChI=1S/C16H18ClNOS/c1-11(18-2)13-9-8-12(10-14(13)17)20-16-7-5-4-6-15(16)19-3/h4-11,18H,1-3H3. The number of methoxy groups -OCH3 is 1. The fourth-order valence-electron chi connectivity index (χ4n) is 1.91. The topological polar surface area (TPSA) is 21.3 Å². The van der Waals surface area contributed by atoms with Gasteiger partial charge in [0, 0.05) is 16.0 Å². The van der Waals surface area contributed by atoms with E-state index in [1.165, 1.54) is 0 Å². The molecule has 0 saturated heterocycles. The Morgan fingerprint density at radius 2 is 1.95 bits per heavy atom. The van der Waals surface area contributed by atoms with Crippen molar-refractivity contribution in [3.05, 3.63) is 53.1 Å². The maximum absolute atomic E-state index is 6.36. The van der Waals surface area contributed by atoms with E-state index in [2.05, 4.69) is 24.4 Å². The number of nitrogens with one attached hydrogen (secondary N) is 1. The summed E-state index contributed by atoms with van der Waals surface area (Å²) in [5.74, 6) is 0.876. The Hall–Kier alpha value is -1.16. The number of para-hydroxylation sites is 1. The molecule has 2 aromatic rings. The Bertz CT molecular complexity index is 588. The molecule has 1 atom stereocenters. The molecule has 4 heteroatoms. The van der Waals surface area contributed by atoms with Crippen molar-refractivity contribution in [1.82, 2.24) is 5.32 Å². The Morgan fingerprint density at radius 1 is 1.20 bits per heavy atom. The highest BCUT2D eigenvalue weighted by atomic mass is 35.5. The summed E-state index contributed by atoms with van der Waals surface area (Å²) in [5.41, 5.74) is 1.11. The summed E-state index contributed by atoms with van der Waals surface area (Å²) in [4.78, 5) is 2.19. The van der Waals surface area contributed by atoms with Gasteiger partial charge in [-0.25, -0.2) is 0 Å². The minimum absolute atomic E-state index is 0.243. The largest absolute Gasteiger partial charge is 0.496 e. The van der Waals surface area contributed by atoms with E-state index in [1.807, 2.05) is 37.4 Å². The monoisotopic (exact) mass is 307 g/mol. The van der Waals surface area contributed by atoms with Gasteiger partial charge in [-0.1, -0.05) is 41.6 Å². The third-order valence-corrected chi connectivity index (χ3v) is 4.54. The third kappa shape index (κ3) is 3.48. The molecule has 20 heavy (non-hydrogen) atoms. The smallest absolute Gasteiger partial charge is 0.132 e. The molecule has 0 bridgehead atoms. The van der Waals surface area contributed by atoms with E-state index in [-0.39, 0.29) is 6.04 Å². The Balaban J connectivity index is 2.24. The average Bonchev–Trinajstić information content (AvgIpc) is 2.47. The summed E-state index contributed by atoms with van der Waals surface area (Å²) in [6.07, 6.45) is 0. The van der Waals surface area contributed by atoms with Gasteiger partial charge in [0.1, 0.15) is 5.75 Å². The Kier molecular flexibility index (Phi) is 5.35. The maximum Gasteiger partial charge on any atom is 0.132 e. The zero-order valence-electron chi connectivity index (χ0n) is 11.8. The maximum atomic E-state index is 6.36. The van der Waals surface area contributed by atoms with Crippen LogP contribution in [0.15, 0.2) is 52.3 Å². The van der Waals surface area contributed by atoms with E-state index < -0.39 is 0 Å². The van der Waals surface area contributed by atoms with Crippen LogP contribution in [0, 0.1) is 0 Å². The van der Waals surface area contributed by atoms with Crippen molar-refractivity contribution in [3.8, 4) is 5.75 Å². The minimum atomic E-state index is 0.243. The summed E-state index contributed by atoms with van der Waals surface area (Å²) in [5, 5.41) is 3.98. The van der Waals surface area contributed by atoms with Crippen molar-refractivity contribution in [3.63, 3.8) is 0 Å². The van der Waals surface area contributed by atoms with Crippen molar-refractivity contribution in [2.75, 3.05) is 14.2 Å². The minimum Gasteiger partial charge on any atom is -0.496 e. The second-order valence-corrected chi connectivity index (χ2v) is 5.97. The number of rotatable bonds is 5. The molecule has 106 valence electrons. The predicted octanol–water partition coefficient (Wildman–Crippen LogP) is 4.78. The summed E-state index contributed by atoms with van der Waals surface area (Å²) in [6.45, 7) is 2.09. The van der Waals surface area contributed by atoms with Crippen LogP contribution in [0.25, 0.3) is 0 Å². The molecule has 0 aliphatic rings. The van der Waals surface area contributed by atoms with Crippen LogP contribution in [0.2, 0.25) is 5.02 Å². The molecule has 0 fully saturated rings. The van der Waals surface area contributed by atoms with Crippen molar-refractivity contribution >= 4 is 23.4 Å². The number of ether oxygens (including phenoxy) is 1. The zero-order chi connectivity index (χ0) is 14.5. The third-order valence-electron chi connectivity index (χ3n) is 3.17. The molecule has 0 amide bonds. The van der Waals surface area contributed by atoms with Crippen molar-refractivity contribution in [1.29, 1.82) is 0 Å². The first-order valence-corrected chi connectivity index (χ1v) is 7.62. The summed E-state index contributed by atoms with van der Waals surface area (Å²) in [7, 11) is 3.61. The second kappa shape index (κ2) is 7.02. The highest BCUT2D eigenvalue weighted by molar-refractivity contribution is 7.99. The molecule has 2 aromatic carbocycles. The van der Waals surface area contributed by atoms with Crippen LogP contribution in [0.5, 0.6) is 5.75 Å². The van der Waals surface area contributed by atoms with Gasteiger partial charge in [-0.15, -0.1) is 0 Å². The summed E-state index contributed by atoms with van der Waals surface area (Å²) < 4.78 is 5.36. The van der Waals surface area contributed by atoms with E-state index in [1.54, 1.807) is 18.9 Å². The quantitative estimate of drug-likeness (QED) is 0.859. The normalized spacial score (nSPS) is 12.2. The molecule has 0 spiro atoms. The van der Waals surface area contributed by atoms with Crippen LogP contribution in [-0.4, -0.2) is 14.2 Å². The van der Waals surface area contributed by atoms with Crippen LogP contribution in [0.1, 0.15) is 18.5 Å². The van der Waals surface area contributed by atoms with Gasteiger partial charge in [-0.3, -0.25) is 0 Å². The van der Waals surface area contributed by atoms with Gasteiger partial charge >= 0.3 is 0 Å². The van der Waals surface area contributed by atoms with Gasteiger partial charge in [0.2, 0.25) is 0 Å². The lowest BCUT2D eigenvalue weighted by Gasteiger charge is -2.14. The Morgan fingerprint density at radius 3 is 2.60 bits per heavy atom. The lowest BCUT2D eigenvalue weighted by Crippen LogP contribution is -2.12. The van der Waals surface area contributed by atoms with Crippen molar-refractivity contribution < 1.29 is 4.74 Å². The highest BCUT2D eigenvalue weighted by Crippen LogP contribution is 2.36. The molecule has 0 saturated carbocycles. The first-order valence-electron chi connectivity index (χ1n) is 6.43. The molecule has 0 aromatic heterocycles. The van der Waals surface area contributed by atoms with Crippen LogP contribution < -0.4 is 10.1 Å². The zero-order valence-corrected chi connectivity index (χ0v) is 13.4. The molecular formula is C16H18ClNOS. The van der Waals surface area contributed by atoms with E-state index in [0.29, 0.717) is 0 Å². The molecule has 2 rings (SSSR count). The number of hydrogen-bond acceptors (Lipinski definition) is 3. The van der Waals surface area contributed by atoms with Crippen LogP contribution in [0.3, 0.4) is 0 Å². The van der Waals surface area contributed by atoms with E-state index in [4.69, 9.17) is 16.3 Å². The van der Waals surface area contributed by atoms with E-state index >= 15 is 0 Å². The number of halogens is 1. The van der Waals surface area contributed by atoms with Gasteiger partial charge in [0.25, 0.3) is 0 Å². The molecular weight excluding hydrogens is 290 g/mol. The number of benzene rings is 2. The van der Waals surface area contributed by atoms with Gasteiger partial charge in [-0.2, -0.15) is 0 Å². The van der Waals surface area contributed by atoms with Gasteiger partial charge < -0.3 is 10.1 Å². The highest BCUT2D eigenvalue weighted by Gasteiger charge is 2.10. The van der Waals surface area contributed by atoms with E-state index in [9.17, 15) is 0 Å². The first-order chi connectivity index (χ1) is 9.65. The molecule has 0 heterocycles. The molecule has 0 aliphatic heterocycles. The molecule has 0 radical (unpaired) electrons. The van der Waals surface area contributed by atoms with Gasteiger partial charge in [0.15, 0.2) is 0 Å². The number of hydrogen-bond donors (Lipinski definition) is 1. The SMILES string of the molecule is CNC(C)c1ccc(Sc2ccccc2OC)cc1Cl. The summed E-state index contributed by atoms with van der Waals surface area (Å²) in [6, 6.07) is 14.4. The van der Waals surface area contributed by atoms with Crippen molar-refractivity contribution in [2.45, 2.75) is 22.8 Å². The predicted molar refractivity (Wildman–Crippen MR) is 86.0 cm³/mol. The lowest BCUT2D eigenvalue weighted by molar-refractivity contribution is 0.405.